The van der Waals surface area contributed by atoms with Crippen LogP contribution in [0.25, 0.3) is 11.0 Å². The Kier molecular flexibility index (Phi) is 4.90. The molecule has 0 fully saturated rings. The van der Waals surface area contributed by atoms with Crippen LogP contribution in [0.5, 0.6) is 17.2 Å². The number of aromatic nitrogens is 3. The third-order valence-corrected chi connectivity index (χ3v) is 4.85. The largest absolute Gasteiger partial charge is 0.489 e. The first kappa shape index (κ1) is 18.9. The molecule has 0 aliphatic rings. The van der Waals surface area contributed by atoms with Crippen molar-refractivity contribution in [2.75, 3.05) is 5.73 Å². The van der Waals surface area contributed by atoms with Gasteiger partial charge in [-0.15, -0.1) is 0 Å². The molecule has 4 aromatic rings. The maximum atomic E-state index is 12.1. The van der Waals surface area contributed by atoms with Gasteiger partial charge in [0.25, 0.3) is 0 Å². The van der Waals surface area contributed by atoms with E-state index in [1.807, 2.05) is 24.3 Å². The molecule has 0 saturated carbocycles. The number of nitrogens with zero attached hydrogens (tertiary/aromatic N) is 3. The van der Waals surface area contributed by atoms with E-state index in [9.17, 15) is 4.79 Å². The van der Waals surface area contributed by atoms with Gasteiger partial charge in [-0.05, 0) is 24.3 Å². The zero-order chi connectivity index (χ0) is 20.5. The van der Waals surface area contributed by atoms with Crippen molar-refractivity contribution in [1.29, 1.82) is 0 Å². The summed E-state index contributed by atoms with van der Waals surface area (Å²) >= 11 is 5.80. The third-order valence-electron chi connectivity index (χ3n) is 4.63. The number of hydrogen-bond acceptors (Lipinski definition) is 5. The highest BCUT2D eigenvalue weighted by molar-refractivity contribution is 6.29. The zero-order valence-electron chi connectivity index (χ0n) is 15.9. The molecule has 8 heteroatoms. The van der Waals surface area contributed by atoms with Crippen molar-refractivity contribution in [3.63, 3.8) is 0 Å². The maximum Gasteiger partial charge on any atom is 0.328 e. The number of ether oxygens (including phenoxy) is 2. The van der Waals surface area contributed by atoms with Gasteiger partial charge in [-0.3, -0.25) is 9.13 Å². The van der Waals surface area contributed by atoms with Crippen molar-refractivity contribution >= 4 is 28.3 Å². The Bertz CT molecular complexity index is 1250. The summed E-state index contributed by atoms with van der Waals surface area (Å²) in [5, 5.41) is 0.439. The highest BCUT2D eigenvalue weighted by atomic mass is 35.5. The van der Waals surface area contributed by atoms with E-state index in [2.05, 4.69) is 4.98 Å². The molecule has 2 heterocycles. The van der Waals surface area contributed by atoms with Gasteiger partial charge < -0.3 is 15.2 Å². The smallest absolute Gasteiger partial charge is 0.328 e. The number of benzene rings is 2. The van der Waals surface area contributed by atoms with Crippen LogP contribution in [0.3, 0.4) is 0 Å². The van der Waals surface area contributed by atoms with Crippen LogP contribution in [0.1, 0.15) is 5.56 Å². The van der Waals surface area contributed by atoms with Gasteiger partial charge in [-0.1, -0.05) is 23.7 Å². The second-order valence-corrected chi connectivity index (χ2v) is 7.02. The van der Waals surface area contributed by atoms with Gasteiger partial charge in [0.2, 0.25) is 0 Å². The lowest BCUT2D eigenvalue weighted by atomic mass is 10.2. The molecule has 148 valence electrons. The van der Waals surface area contributed by atoms with Crippen LogP contribution in [0.2, 0.25) is 5.15 Å². The number of imidazole rings is 1. The maximum absolute atomic E-state index is 12.1. The number of hydrogen-bond donors (Lipinski definition) is 1. The number of fused-ring (bicyclic) bond motifs is 1. The molecule has 7 nitrogen and oxygen atoms in total. The Hall–Kier alpha value is -3.45. The minimum Gasteiger partial charge on any atom is -0.489 e. The number of halogens is 1. The molecular formula is C21H19ClN4O3. The number of nitrogens with two attached hydrogens (primary N) is 1. The second-order valence-electron chi connectivity index (χ2n) is 6.63. The Balaban J connectivity index is 1.56. The molecule has 0 aliphatic carbocycles. The summed E-state index contributed by atoms with van der Waals surface area (Å²) in [5.41, 5.74) is 8.86. The van der Waals surface area contributed by atoms with Crippen molar-refractivity contribution < 1.29 is 9.47 Å². The Labute approximate surface area is 171 Å². The summed E-state index contributed by atoms with van der Waals surface area (Å²) in [5.74, 6) is 1.69. The fourth-order valence-corrected chi connectivity index (χ4v) is 3.16. The highest BCUT2D eigenvalue weighted by Crippen LogP contribution is 2.32. The molecule has 29 heavy (non-hydrogen) atoms. The minimum atomic E-state index is -0.122. The number of pyridine rings is 1. The molecular weight excluding hydrogens is 392 g/mol. The molecule has 0 unspecified atom stereocenters. The van der Waals surface area contributed by atoms with E-state index in [0.29, 0.717) is 34.7 Å². The first-order valence-electron chi connectivity index (χ1n) is 8.88. The van der Waals surface area contributed by atoms with Crippen molar-refractivity contribution in [2.45, 2.75) is 6.61 Å². The van der Waals surface area contributed by atoms with E-state index in [1.165, 1.54) is 0 Å². The van der Waals surface area contributed by atoms with E-state index in [4.69, 9.17) is 26.8 Å². The number of aryl methyl sites for hydroxylation is 2. The fraction of sp³-hybridized carbons (Fsp3) is 0.143. The van der Waals surface area contributed by atoms with Crippen molar-refractivity contribution in [2.24, 2.45) is 14.1 Å². The average molecular weight is 411 g/mol. The van der Waals surface area contributed by atoms with Gasteiger partial charge in [-0.2, -0.15) is 0 Å². The van der Waals surface area contributed by atoms with Gasteiger partial charge in [-0.25, -0.2) is 9.78 Å². The molecule has 2 N–H and O–H groups in total. The lowest BCUT2D eigenvalue weighted by Gasteiger charge is -2.11. The number of anilines is 1. The van der Waals surface area contributed by atoms with Gasteiger partial charge in [0.05, 0.1) is 16.7 Å². The summed E-state index contributed by atoms with van der Waals surface area (Å²) in [7, 11) is 3.42. The van der Waals surface area contributed by atoms with Crippen molar-refractivity contribution in [3.05, 3.63) is 75.9 Å². The SMILES string of the molecule is Cn1c(=O)n(C)c2cc(Oc3cccc(OCc4ccc(Cl)nc4)c3)c(N)cc21. The monoisotopic (exact) mass is 410 g/mol. The molecule has 0 amide bonds. The van der Waals surface area contributed by atoms with Crippen LogP contribution in [0.15, 0.2) is 59.5 Å². The van der Waals surface area contributed by atoms with Crippen molar-refractivity contribution in [1.82, 2.24) is 14.1 Å². The topological polar surface area (TPSA) is 84.3 Å². The molecule has 0 aliphatic heterocycles. The number of rotatable bonds is 5. The summed E-state index contributed by atoms with van der Waals surface area (Å²) in [4.78, 5) is 16.2. The Morgan fingerprint density at radius 1 is 1.03 bits per heavy atom. The summed E-state index contributed by atoms with van der Waals surface area (Å²) in [6.07, 6.45) is 1.67. The van der Waals surface area contributed by atoms with Crippen LogP contribution in [0, 0.1) is 0 Å². The van der Waals surface area contributed by atoms with Crippen LogP contribution >= 0.6 is 11.6 Å². The van der Waals surface area contributed by atoms with Gasteiger partial charge >= 0.3 is 5.69 Å². The number of nitrogen functional groups attached to an aromatic ring is 1. The first-order chi connectivity index (χ1) is 13.9. The fourth-order valence-electron chi connectivity index (χ4n) is 3.04. The van der Waals surface area contributed by atoms with Gasteiger partial charge in [0.1, 0.15) is 23.3 Å². The van der Waals surface area contributed by atoms with Crippen LogP contribution in [-0.2, 0) is 20.7 Å². The van der Waals surface area contributed by atoms with Crippen LogP contribution in [0.4, 0.5) is 5.69 Å². The average Bonchev–Trinajstić information content (AvgIpc) is 2.92. The molecule has 2 aromatic carbocycles. The molecule has 0 atom stereocenters. The molecule has 0 spiro atoms. The zero-order valence-corrected chi connectivity index (χ0v) is 16.7. The quantitative estimate of drug-likeness (QED) is 0.398. The Morgan fingerprint density at radius 2 is 1.76 bits per heavy atom. The first-order valence-corrected chi connectivity index (χ1v) is 9.26. The lowest BCUT2D eigenvalue weighted by Crippen LogP contribution is -2.19. The second kappa shape index (κ2) is 7.52. The van der Waals surface area contributed by atoms with Crippen molar-refractivity contribution in [3.8, 4) is 17.2 Å². The predicted octanol–water partition coefficient (Wildman–Crippen LogP) is 3.88. The van der Waals surface area contributed by atoms with E-state index in [0.717, 1.165) is 16.6 Å². The molecule has 0 radical (unpaired) electrons. The van der Waals surface area contributed by atoms with E-state index in [1.54, 1.807) is 53.7 Å². The standard InChI is InChI=1S/C21H19ClN4O3/c1-25-17-9-16(23)19(10-18(17)26(2)21(25)27)29-15-5-3-4-14(8-15)28-12-13-6-7-20(22)24-11-13/h3-11H,12,23H2,1-2H3. The van der Waals surface area contributed by atoms with E-state index in [-0.39, 0.29) is 5.69 Å². The van der Waals surface area contributed by atoms with E-state index < -0.39 is 0 Å². The Morgan fingerprint density at radius 3 is 2.48 bits per heavy atom. The molecule has 4 rings (SSSR count). The lowest BCUT2D eigenvalue weighted by molar-refractivity contribution is 0.304. The summed E-state index contributed by atoms with van der Waals surface area (Å²) in [6, 6.07) is 14.3. The normalized spacial score (nSPS) is 11.0. The van der Waals surface area contributed by atoms with Gasteiger partial charge in [0.15, 0.2) is 5.75 Å². The van der Waals surface area contributed by atoms with Crippen LogP contribution in [-0.4, -0.2) is 14.1 Å². The van der Waals surface area contributed by atoms with Crippen LogP contribution < -0.4 is 20.9 Å². The minimum absolute atomic E-state index is 0.122. The summed E-state index contributed by atoms with van der Waals surface area (Å²) < 4.78 is 14.9. The highest BCUT2D eigenvalue weighted by Gasteiger charge is 2.13. The summed E-state index contributed by atoms with van der Waals surface area (Å²) in [6.45, 7) is 0.355. The van der Waals surface area contributed by atoms with Gasteiger partial charge in [0, 0.05) is 38.0 Å². The molecule has 0 saturated heterocycles. The molecule has 2 aromatic heterocycles. The third kappa shape index (κ3) is 3.77. The van der Waals surface area contributed by atoms with E-state index >= 15 is 0 Å². The molecule has 0 bridgehead atoms. The predicted molar refractivity (Wildman–Crippen MR) is 113 cm³/mol.